The summed E-state index contributed by atoms with van der Waals surface area (Å²) in [4.78, 5) is 4.56. The van der Waals surface area contributed by atoms with Gasteiger partial charge in [-0.1, -0.05) is 31.9 Å². The number of nitrogens with one attached hydrogen (secondary N) is 1. The van der Waals surface area contributed by atoms with Crippen molar-refractivity contribution in [2.45, 2.75) is 38.6 Å². The largest absolute Gasteiger partial charge is 0.441 e. The molecule has 0 radical (unpaired) electrons. The number of aromatic nitrogens is 1. The zero-order chi connectivity index (χ0) is 12.4. The molecule has 18 heavy (non-hydrogen) atoms. The van der Waals surface area contributed by atoms with Crippen LogP contribution in [0.3, 0.4) is 0 Å². The molecule has 1 aromatic heterocycles. The lowest BCUT2D eigenvalue weighted by Crippen LogP contribution is -2.31. The van der Waals surface area contributed by atoms with E-state index in [-0.39, 0.29) is 0 Å². The predicted molar refractivity (Wildman–Crippen MR) is 72.5 cm³/mol. The Bertz CT molecular complexity index is 483. The molecule has 3 heteroatoms. The van der Waals surface area contributed by atoms with E-state index in [1.165, 1.54) is 19.3 Å². The predicted octanol–water partition coefficient (Wildman–Crippen LogP) is 3.15. The van der Waals surface area contributed by atoms with Crippen molar-refractivity contribution < 1.29 is 4.42 Å². The van der Waals surface area contributed by atoms with E-state index in [2.05, 4.69) is 17.2 Å². The van der Waals surface area contributed by atoms with Gasteiger partial charge in [0.15, 0.2) is 11.5 Å². The van der Waals surface area contributed by atoms with Crippen LogP contribution in [0.1, 0.15) is 32.1 Å². The van der Waals surface area contributed by atoms with Gasteiger partial charge in [-0.3, -0.25) is 0 Å². The molecule has 1 aliphatic rings. The fourth-order valence-corrected chi connectivity index (χ4v) is 2.50. The molecule has 1 saturated carbocycles. The average Bonchev–Trinajstić information content (AvgIpc) is 3.07. The maximum absolute atomic E-state index is 5.80. The van der Waals surface area contributed by atoms with Gasteiger partial charge in [-0.25, -0.2) is 4.98 Å². The second kappa shape index (κ2) is 5.11. The topological polar surface area (TPSA) is 38.1 Å². The number of oxazole rings is 1. The summed E-state index contributed by atoms with van der Waals surface area (Å²) >= 11 is 0. The van der Waals surface area contributed by atoms with Crippen molar-refractivity contribution in [2.24, 2.45) is 5.92 Å². The first-order valence-electron chi connectivity index (χ1n) is 6.93. The first kappa shape index (κ1) is 11.7. The van der Waals surface area contributed by atoms with Crippen molar-refractivity contribution in [3.8, 4) is 0 Å². The molecule has 1 fully saturated rings. The van der Waals surface area contributed by atoms with E-state index in [0.29, 0.717) is 6.04 Å². The van der Waals surface area contributed by atoms with Crippen LogP contribution in [0.4, 0.5) is 0 Å². The highest BCUT2D eigenvalue weighted by molar-refractivity contribution is 5.72. The SMILES string of the molecule is CCNC(Cc1nc2ccccc2o1)CC1CC1. The van der Waals surface area contributed by atoms with Gasteiger partial charge in [0.1, 0.15) is 5.52 Å². The third-order valence-electron chi connectivity index (χ3n) is 3.57. The highest BCUT2D eigenvalue weighted by Crippen LogP contribution is 2.34. The number of hydrogen-bond acceptors (Lipinski definition) is 3. The number of nitrogens with zero attached hydrogens (tertiary/aromatic N) is 1. The molecule has 3 nitrogen and oxygen atoms in total. The molecule has 1 aliphatic carbocycles. The molecule has 0 spiro atoms. The van der Waals surface area contributed by atoms with Crippen molar-refractivity contribution >= 4 is 11.1 Å². The van der Waals surface area contributed by atoms with Crippen LogP contribution < -0.4 is 5.32 Å². The van der Waals surface area contributed by atoms with Gasteiger partial charge < -0.3 is 9.73 Å². The summed E-state index contributed by atoms with van der Waals surface area (Å²) < 4.78 is 5.80. The molecule has 1 atom stereocenters. The Labute approximate surface area is 108 Å². The molecule has 1 unspecified atom stereocenters. The van der Waals surface area contributed by atoms with Crippen molar-refractivity contribution in [1.82, 2.24) is 10.3 Å². The molecule has 96 valence electrons. The van der Waals surface area contributed by atoms with Crippen LogP contribution in [-0.4, -0.2) is 17.6 Å². The lowest BCUT2D eigenvalue weighted by molar-refractivity contribution is 0.418. The summed E-state index contributed by atoms with van der Waals surface area (Å²) in [7, 11) is 0. The monoisotopic (exact) mass is 244 g/mol. The van der Waals surface area contributed by atoms with Crippen LogP contribution in [0, 0.1) is 5.92 Å². The highest BCUT2D eigenvalue weighted by atomic mass is 16.3. The maximum atomic E-state index is 5.80. The van der Waals surface area contributed by atoms with E-state index in [4.69, 9.17) is 4.42 Å². The Morgan fingerprint density at radius 3 is 2.94 bits per heavy atom. The average molecular weight is 244 g/mol. The number of fused-ring (bicyclic) bond motifs is 1. The normalized spacial score (nSPS) is 17.2. The van der Waals surface area contributed by atoms with Crippen molar-refractivity contribution in [1.29, 1.82) is 0 Å². The molecular formula is C15H20N2O. The number of hydrogen-bond donors (Lipinski definition) is 1. The van der Waals surface area contributed by atoms with E-state index < -0.39 is 0 Å². The second-order valence-corrected chi connectivity index (χ2v) is 5.21. The van der Waals surface area contributed by atoms with Crippen LogP contribution in [0.25, 0.3) is 11.1 Å². The standard InChI is InChI=1S/C15H20N2O/c1-2-16-12(9-11-7-8-11)10-15-17-13-5-3-4-6-14(13)18-15/h3-6,11-12,16H,2,7-10H2,1H3. The van der Waals surface area contributed by atoms with Crippen LogP contribution >= 0.6 is 0 Å². The summed E-state index contributed by atoms with van der Waals surface area (Å²) in [5.41, 5.74) is 1.86. The summed E-state index contributed by atoms with van der Waals surface area (Å²) in [6, 6.07) is 8.49. The van der Waals surface area contributed by atoms with Gasteiger partial charge in [-0.05, 0) is 31.0 Å². The molecular weight excluding hydrogens is 224 g/mol. The third kappa shape index (κ3) is 2.72. The number of likely N-dealkylation sites (N-methyl/N-ethyl adjacent to an activating group) is 1. The Morgan fingerprint density at radius 2 is 2.22 bits per heavy atom. The minimum absolute atomic E-state index is 0.510. The lowest BCUT2D eigenvalue weighted by Gasteiger charge is -2.15. The Hall–Kier alpha value is -1.35. The van der Waals surface area contributed by atoms with Crippen molar-refractivity contribution in [3.63, 3.8) is 0 Å². The van der Waals surface area contributed by atoms with E-state index >= 15 is 0 Å². The molecule has 0 aliphatic heterocycles. The molecule has 1 aromatic carbocycles. The highest BCUT2D eigenvalue weighted by Gasteiger charge is 2.26. The Morgan fingerprint density at radius 1 is 1.39 bits per heavy atom. The van der Waals surface area contributed by atoms with Crippen LogP contribution in [-0.2, 0) is 6.42 Å². The molecule has 2 aromatic rings. The molecule has 0 amide bonds. The molecule has 3 rings (SSSR count). The minimum atomic E-state index is 0.510. The van der Waals surface area contributed by atoms with E-state index in [9.17, 15) is 0 Å². The first-order chi connectivity index (χ1) is 8.85. The van der Waals surface area contributed by atoms with Gasteiger partial charge in [-0.2, -0.15) is 0 Å². The van der Waals surface area contributed by atoms with Gasteiger partial charge >= 0.3 is 0 Å². The molecule has 0 bridgehead atoms. The number of rotatable bonds is 6. The quantitative estimate of drug-likeness (QED) is 0.848. The minimum Gasteiger partial charge on any atom is -0.441 e. The fourth-order valence-electron chi connectivity index (χ4n) is 2.50. The number of benzene rings is 1. The van der Waals surface area contributed by atoms with Gasteiger partial charge in [0.2, 0.25) is 0 Å². The van der Waals surface area contributed by atoms with Crippen molar-refractivity contribution in [2.75, 3.05) is 6.54 Å². The summed E-state index contributed by atoms with van der Waals surface area (Å²) in [6.07, 6.45) is 4.95. The van der Waals surface area contributed by atoms with E-state index in [1.807, 2.05) is 24.3 Å². The number of para-hydroxylation sites is 2. The lowest BCUT2D eigenvalue weighted by atomic mass is 10.1. The van der Waals surface area contributed by atoms with Gasteiger partial charge in [0.25, 0.3) is 0 Å². The Kier molecular flexibility index (Phi) is 3.33. The summed E-state index contributed by atoms with van der Waals surface area (Å²) in [5.74, 6) is 1.79. The maximum Gasteiger partial charge on any atom is 0.197 e. The van der Waals surface area contributed by atoms with Crippen LogP contribution in [0.15, 0.2) is 28.7 Å². The summed E-state index contributed by atoms with van der Waals surface area (Å²) in [6.45, 7) is 3.17. The van der Waals surface area contributed by atoms with Crippen LogP contribution in [0.2, 0.25) is 0 Å². The Balaban J connectivity index is 1.71. The van der Waals surface area contributed by atoms with E-state index in [1.54, 1.807) is 0 Å². The molecule has 1 N–H and O–H groups in total. The smallest absolute Gasteiger partial charge is 0.197 e. The molecule has 1 heterocycles. The molecule has 0 saturated heterocycles. The summed E-state index contributed by atoms with van der Waals surface area (Å²) in [5, 5.41) is 3.55. The van der Waals surface area contributed by atoms with E-state index in [0.717, 1.165) is 35.9 Å². The van der Waals surface area contributed by atoms with Gasteiger partial charge in [0, 0.05) is 12.5 Å². The third-order valence-corrected chi connectivity index (χ3v) is 3.57. The second-order valence-electron chi connectivity index (χ2n) is 5.21. The zero-order valence-corrected chi connectivity index (χ0v) is 10.9. The fraction of sp³-hybridized carbons (Fsp3) is 0.533. The first-order valence-corrected chi connectivity index (χ1v) is 6.93. The van der Waals surface area contributed by atoms with Crippen molar-refractivity contribution in [3.05, 3.63) is 30.2 Å². The van der Waals surface area contributed by atoms with Gasteiger partial charge in [-0.15, -0.1) is 0 Å². The zero-order valence-electron chi connectivity index (χ0n) is 10.9. The van der Waals surface area contributed by atoms with Crippen LogP contribution in [0.5, 0.6) is 0 Å². The van der Waals surface area contributed by atoms with Gasteiger partial charge in [0.05, 0.1) is 0 Å².